The number of hydrogen-bond donors (Lipinski definition) is 2. The highest BCUT2D eigenvalue weighted by Gasteiger charge is 3.02. The van der Waals surface area contributed by atoms with E-state index in [9.17, 15) is 221 Å². The average Bonchev–Trinajstić information content (AvgIpc) is 3.19. The monoisotopic (exact) mass is 1390 g/mol. The van der Waals surface area contributed by atoms with E-state index < -0.39 is 173 Å². The molecule has 0 saturated heterocycles. The number of alkyl halides is 46. The van der Waals surface area contributed by atoms with Crippen LogP contribution in [0, 0.1) is 0 Å². The molecule has 0 aliphatic carbocycles. The molecule has 0 heterocycles. The van der Waals surface area contributed by atoms with Crippen LogP contribution in [0.4, 0.5) is 202 Å². The van der Waals surface area contributed by atoms with Crippen molar-refractivity contribution in [1.82, 2.24) is 12.3 Å². The van der Waals surface area contributed by atoms with Gasteiger partial charge >= 0.3 is 147 Å². The van der Waals surface area contributed by atoms with E-state index in [1.54, 1.807) is 0 Å². The Morgan fingerprint density at radius 1 is 0.232 bits per heavy atom. The number of quaternary nitrogens is 2. The van der Waals surface area contributed by atoms with Crippen LogP contribution in [0.25, 0.3) is 0 Å². The van der Waals surface area contributed by atoms with E-state index in [2.05, 4.69) is 9.05 Å². The molecule has 0 saturated carbocycles. The molecule has 56 heteroatoms. The van der Waals surface area contributed by atoms with Crippen LogP contribution < -0.4 is 22.1 Å². The maximum atomic E-state index is 13.6. The summed E-state index contributed by atoms with van der Waals surface area (Å²) in [6.07, 6.45) is -40.6. The summed E-state index contributed by atoms with van der Waals surface area (Å²) in [6, 6.07) is 0. The molecular formula is C26H16F46N2O6P2+2. The highest BCUT2D eigenvalue weighted by Crippen LogP contribution is 2.70. The Morgan fingerprint density at radius 2 is 0.354 bits per heavy atom. The lowest BCUT2D eigenvalue weighted by Gasteiger charge is -2.46. The van der Waals surface area contributed by atoms with Gasteiger partial charge in [-0.15, -0.1) is 9.05 Å². The molecule has 0 rings (SSSR count). The summed E-state index contributed by atoms with van der Waals surface area (Å²) >= 11 is 0. The average molecular weight is 1390 g/mol. The van der Waals surface area contributed by atoms with Gasteiger partial charge in [0.05, 0.1) is 0 Å². The summed E-state index contributed by atoms with van der Waals surface area (Å²) in [7, 11) is -8.61. The predicted octanol–water partition coefficient (Wildman–Crippen LogP) is 15.4. The zero-order chi connectivity index (χ0) is 66.4. The van der Waals surface area contributed by atoms with Gasteiger partial charge < -0.3 is 22.1 Å². The second kappa shape index (κ2) is 23.1. The minimum Gasteiger partial charge on any atom is -0.566 e. The van der Waals surface area contributed by atoms with Gasteiger partial charge in [-0.25, -0.2) is 8.78 Å². The lowest BCUT2D eigenvalue weighted by molar-refractivity contribution is -0.481. The van der Waals surface area contributed by atoms with Crippen LogP contribution in [-0.4, -0.2) is 144 Å². The summed E-state index contributed by atoms with van der Waals surface area (Å²) in [5.74, 6) is -142. The fourth-order valence-corrected chi connectivity index (χ4v) is 5.19. The van der Waals surface area contributed by atoms with Crippen LogP contribution >= 0.6 is 16.5 Å². The van der Waals surface area contributed by atoms with Gasteiger partial charge in [-0.05, 0) is 9.13 Å². The fourth-order valence-electron chi connectivity index (χ4n) is 4.71. The normalized spacial score (nSPS) is 16.4. The van der Waals surface area contributed by atoms with E-state index in [0.29, 0.717) is 0 Å². The third-order valence-electron chi connectivity index (χ3n) is 9.30. The van der Waals surface area contributed by atoms with E-state index >= 15 is 0 Å². The minimum absolute atomic E-state index is 0. The Hall–Kier alpha value is -3.26. The smallest absolute Gasteiger partial charge is 0.488 e. The third kappa shape index (κ3) is 12.1. The molecule has 0 fully saturated rings. The number of rotatable bonds is 24. The fraction of sp³-hybridized carbons (Fsp3) is 1.00. The van der Waals surface area contributed by atoms with E-state index in [1.165, 1.54) is 0 Å². The molecule has 2 atom stereocenters. The molecule has 496 valence electrons. The first-order valence-corrected chi connectivity index (χ1v) is 19.3. The molecule has 8 nitrogen and oxygen atoms in total. The standard InChI is InChI=1S/2C13H4F23O3P.2H3N/c2*14-3(15,1-2-39-40(37)38)5(17,18)7(21,22)9(25,26)11(29,30)10(27,28)8(23,24)6(19,20)4(16,12(31,32)33)13(34,35)36;;/h2*1-2H2;2*1H3/p+2. The van der Waals surface area contributed by atoms with Crippen LogP contribution in [0.3, 0.4) is 0 Å². The second-order valence-electron chi connectivity index (χ2n) is 14.4. The second-order valence-corrected chi connectivity index (χ2v) is 15.8. The Bertz CT molecular complexity index is 2000. The molecule has 0 radical (unpaired) electrons. The van der Waals surface area contributed by atoms with Gasteiger partial charge in [0.2, 0.25) is 0 Å². The molecule has 0 bridgehead atoms. The molecule has 0 aromatic carbocycles. The largest absolute Gasteiger partial charge is 0.566 e. The molecule has 0 spiro atoms. The Balaban J connectivity index is -0.000000724. The van der Waals surface area contributed by atoms with Crippen molar-refractivity contribution >= 4 is 16.5 Å². The van der Waals surface area contributed by atoms with Gasteiger partial charge in [0.15, 0.2) is 0 Å². The van der Waals surface area contributed by atoms with Crippen molar-refractivity contribution < 1.29 is 230 Å². The molecule has 2 unspecified atom stereocenters. The van der Waals surface area contributed by atoms with Crippen molar-refractivity contribution in [2.75, 3.05) is 13.2 Å². The van der Waals surface area contributed by atoms with Gasteiger partial charge in [-0.3, -0.25) is 0 Å². The zero-order valence-corrected chi connectivity index (χ0v) is 38.3. The zero-order valence-electron chi connectivity index (χ0n) is 36.6. The summed E-state index contributed by atoms with van der Waals surface area (Å²) in [4.78, 5) is 19.9. The van der Waals surface area contributed by atoms with Crippen molar-refractivity contribution in [3.8, 4) is 0 Å². The highest BCUT2D eigenvalue weighted by atomic mass is 31.1. The van der Waals surface area contributed by atoms with E-state index in [0.717, 1.165) is 0 Å². The molecule has 82 heavy (non-hydrogen) atoms. The molecular weight excluding hydrogens is 1370 g/mol. The van der Waals surface area contributed by atoms with Gasteiger partial charge in [0, 0.05) is 12.8 Å². The lowest BCUT2D eigenvalue weighted by atomic mass is 9.82. The number of hydrogen-bond acceptors (Lipinski definition) is 6. The topological polar surface area (TPSA) is 172 Å². The van der Waals surface area contributed by atoms with Gasteiger partial charge in [0.1, 0.15) is 13.2 Å². The summed E-state index contributed by atoms with van der Waals surface area (Å²) in [5.41, 5.74) is -18.1. The molecule has 0 aliphatic heterocycles. The van der Waals surface area contributed by atoms with Crippen molar-refractivity contribution in [3.63, 3.8) is 0 Å². The third-order valence-corrected chi connectivity index (χ3v) is 10.1. The summed E-state index contributed by atoms with van der Waals surface area (Å²) in [5, 5.41) is 0. The SMILES string of the molecule is O=[P+]([O-])OCCC(F)(F)C(F)(F)C(F)(F)C(F)(F)C(F)(F)C(F)(F)C(F)(F)C(F)(F)C(F)(C(F)(F)F)C(F)(F)F.O=[P+]([O-])OCCC(F)(F)C(F)(F)C(F)(F)C(F)(F)C(F)(F)C(F)(F)C(F)(F)C(F)(F)C(F)(C(F)(F)F)C(F)(F)F.[NH4+].[NH4+]. The maximum absolute atomic E-state index is 13.6. The van der Waals surface area contributed by atoms with E-state index in [4.69, 9.17) is 0 Å². The molecule has 0 aromatic heterocycles. The first-order valence-electron chi connectivity index (χ1n) is 17.1. The van der Waals surface area contributed by atoms with E-state index in [-0.39, 0.29) is 12.3 Å². The van der Waals surface area contributed by atoms with Crippen LogP contribution in [-0.2, 0) is 18.2 Å². The molecule has 8 N–H and O–H groups in total. The van der Waals surface area contributed by atoms with Crippen molar-refractivity contribution in [2.24, 2.45) is 0 Å². The van der Waals surface area contributed by atoms with Gasteiger partial charge in [0.25, 0.3) is 0 Å². The highest BCUT2D eigenvalue weighted by molar-refractivity contribution is 7.30. The molecule has 0 aliphatic rings. The summed E-state index contributed by atoms with van der Waals surface area (Å²) < 4.78 is 633. The first-order chi connectivity index (χ1) is 33.8. The first kappa shape index (κ1) is 85.2. The lowest BCUT2D eigenvalue weighted by Crippen LogP contribution is -2.79. The van der Waals surface area contributed by atoms with Crippen LogP contribution in [0.5, 0.6) is 0 Å². The van der Waals surface area contributed by atoms with Crippen molar-refractivity contribution in [2.45, 2.75) is 144 Å². The van der Waals surface area contributed by atoms with Crippen molar-refractivity contribution in [3.05, 3.63) is 0 Å². The molecule has 0 amide bonds. The quantitative estimate of drug-likeness (QED) is 0.0719. The Kier molecular flexibility index (Phi) is 24.0. The van der Waals surface area contributed by atoms with E-state index in [1.807, 2.05) is 0 Å². The predicted molar refractivity (Wildman–Crippen MR) is 159 cm³/mol. The minimum atomic E-state index is -9.53. The maximum Gasteiger partial charge on any atom is 0.488 e. The number of halogens is 46. The Labute approximate surface area is 416 Å². The van der Waals surface area contributed by atoms with Gasteiger partial charge in [-0.1, -0.05) is 0 Å². The van der Waals surface area contributed by atoms with Crippen molar-refractivity contribution in [1.29, 1.82) is 0 Å². The van der Waals surface area contributed by atoms with Crippen LogP contribution in [0.2, 0.25) is 0 Å². The van der Waals surface area contributed by atoms with Crippen LogP contribution in [0.15, 0.2) is 0 Å². The summed E-state index contributed by atoms with van der Waals surface area (Å²) in [6.45, 7) is -4.79. The Morgan fingerprint density at radius 3 is 0.476 bits per heavy atom. The van der Waals surface area contributed by atoms with Crippen LogP contribution in [0.1, 0.15) is 12.8 Å². The molecule has 0 aromatic rings. The van der Waals surface area contributed by atoms with Gasteiger partial charge in [-0.2, -0.15) is 193 Å².